The highest BCUT2D eigenvalue weighted by Gasteiger charge is 2.28. The molecule has 178 valence electrons. The average Bonchev–Trinajstić information content (AvgIpc) is 3.07. The quantitative estimate of drug-likeness (QED) is 0.395. The number of carbonyl (C=O) groups excluding carboxylic acids is 1. The van der Waals surface area contributed by atoms with E-state index in [4.69, 9.17) is 4.98 Å². The first-order valence-corrected chi connectivity index (χ1v) is 13.5. The monoisotopic (exact) mass is 478 g/mol. The van der Waals surface area contributed by atoms with Crippen LogP contribution in [-0.2, 0) is 24.2 Å². The van der Waals surface area contributed by atoms with Crippen molar-refractivity contribution in [3.05, 3.63) is 20.8 Å². The molecule has 2 heterocycles. The van der Waals surface area contributed by atoms with Crippen molar-refractivity contribution in [2.45, 2.75) is 95.8 Å². The number of carbonyl (C=O) groups is 1. The topological polar surface area (TPSA) is 58.4 Å². The highest BCUT2D eigenvalue weighted by atomic mass is 32.2. The molecule has 0 aromatic carbocycles. The molecule has 1 amide bonds. The summed E-state index contributed by atoms with van der Waals surface area (Å²) < 4.78 is 1.83. The standard InChI is InChI=1S/C24H38N4O2S2/c1-15(2)28(16(3)4)22(29)17(5)31-24-25-21-20(18-11-8-9-12-19(18)32-21)23(30)27(24)14-10-13-26(6)7/h15-17H,8-14H2,1-7H3. The summed E-state index contributed by atoms with van der Waals surface area (Å²) in [6, 6.07) is 0.264. The first-order chi connectivity index (χ1) is 15.1. The summed E-state index contributed by atoms with van der Waals surface area (Å²) in [5.41, 5.74) is 1.29. The Morgan fingerprint density at radius 3 is 2.41 bits per heavy atom. The zero-order valence-electron chi connectivity index (χ0n) is 20.6. The number of hydrogen-bond acceptors (Lipinski definition) is 6. The molecule has 0 fully saturated rings. The maximum Gasteiger partial charge on any atom is 0.263 e. The zero-order valence-corrected chi connectivity index (χ0v) is 22.2. The van der Waals surface area contributed by atoms with Gasteiger partial charge in [-0.2, -0.15) is 0 Å². The largest absolute Gasteiger partial charge is 0.337 e. The molecule has 8 heteroatoms. The van der Waals surface area contributed by atoms with Crippen molar-refractivity contribution in [1.82, 2.24) is 19.4 Å². The van der Waals surface area contributed by atoms with E-state index in [0.717, 1.165) is 42.4 Å². The van der Waals surface area contributed by atoms with Gasteiger partial charge in [0.15, 0.2) is 5.16 Å². The molecule has 0 saturated heterocycles. The van der Waals surface area contributed by atoms with Crippen molar-refractivity contribution in [2.24, 2.45) is 0 Å². The van der Waals surface area contributed by atoms with Crippen LogP contribution in [0.1, 0.15) is 64.3 Å². The maximum absolute atomic E-state index is 13.7. The van der Waals surface area contributed by atoms with E-state index in [9.17, 15) is 9.59 Å². The van der Waals surface area contributed by atoms with Crippen molar-refractivity contribution in [3.8, 4) is 0 Å². The second-order valence-electron chi connectivity index (χ2n) is 9.59. The van der Waals surface area contributed by atoms with Crippen LogP contribution in [0.2, 0.25) is 0 Å². The van der Waals surface area contributed by atoms with Crippen molar-refractivity contribution in [1.29, 1.82) is 0 Å². The maximum atomic E-state index is 13.7. The molecule has 1 atom stereocenters. The van der Waals surface area contributed by atoms with Crippen LogP contribution in [0.3, 0.4) is 0 Å². The second kappa shape index (κ2) is 10.7. The van der Waals surface area contributed by atoms with Gasteiger partial charge in [0.05, 0.1) is 10.6 Å². The SMILES string of the molecule is CC(Sc1nc2sc3c(c2c(=O)n1CCCN(C)C)CCCC3)C(=O)N(C(C)C)C(C)C. The first-order valence-electron chi connectivity index (χ1n) is 11.8. The average molecular weight is 479 g/mol. The molecule has 0 aliphatic heterocycles. The minimum atomic E-state index is -0.307. The summed E-state index contributed by atoms with van der Waals surface area (Å²) in [5.74, 6) is 0.0969. The van der Waals surface area contributed by atoms with Crippen LogP contribution < -0.4 is 5.56 Å². The fourth-order valence-electron chi connectivity index (χ4n) is 4.58. The minimum absolute atomic E-state index is 0.0693. The normalized spacial score (nSPS) is 15.1. The summed E-state index contributed by atoms with van der Waals surface area (Å²) >= 11 is 3.10. The third kappa shape index (κ3) is 5.39. The van der Waals surface area contributed by atoms with Gasteiger partial charge in [-0.05, 0) is 92.9 Å². The zero-order chi connectivity index (χ0) is 23.6. The van der Waals surface area contributed by atoms with Crippen LogP contribution in [0.4, 0.5) is 0 Å². The predicted molar refractivity (Wildman–Crippen MR) is 136 cm³/mol. The number of hydrogen-bond donors (Lipinski definition) is 0. The third-order valence-corrected chi connectivity index (χ3v) is 8.29. The van der Waals surface area contributed by atoms with Gasteiger partial charge >= 0.3 is 0 Å². The number of amides is 1. The summed E-state index contributed by atoms with van der Waals surface area (Å²) in [7, 11) is 4.09. The number of rotatable bonds is 9. The van der Waals surface area contributed by atoms with Gasteiger partial charge in [0, 0.05) is 23.5 Å². The Balaban J connectivity index is 2.00. The van der Waals surface area contributed by atoms with Gasteiger partial charge in [-0.1, -0.05) is 11.8 Å². The smallest absolute Gasteiger partial charge is 0.263 e. The van der Waals surface area contributed by atoms with E-state index in [0.29, 0.717) is 11.7 Å². The fourth-order valence-corrected chi connectivity index (χ4v) is 6.87. The number of aryl methyl sites for hydroxylation is 2. The van der Waals surface area contributed by atoms with Gasteiger partial charge < -0.3 is 9.80 Å². The van der Waals surface area contributed by atoms with Gasteiger partial charge in [0.2, 0.25) is 5.91 Å². The van der Waals surface area contributed by atoms with Crippen LogP contribution in [0.5, 0.6) is 0 Å². The molecule has 0 radical (unpaired) electrons. The van der Waals surface area contributed by atoms with E-state index in [1.54, 1.807) is 11.3 Å². The predicted octanol–water partition coefficient (Wildman–Crippen LogP) is 4.41. The second-order valence-corrected chi connectivity index (χ2v) is 12.0. The van der Waals surface area contributed by atoms with Crippen LogP contribution in [0.25, 0.3) is 10.2 Å². The Morgan fingerprint density at radius 2 is 1.78 bits per heavy atom. The van der Waals surface area contributed by atoms with Gasteiger partial charge in [-0.3, -0.25) is 14.2 Å². The Kier molecular flexibility index (Phi) is 8.44. The molecule has 2 aromatic heterocycles. The molecule has 1 unspecified atom stereocenters. The molecule has 0 bridgehead atoms. The fraction of sp³-hybridized carbons (Fsp3) is 0.708. The van der Waals surface area contributed by atoms with Crippen LogP contribution in [0, 0.1) is 0 Å². The minimum Gasteiger partial charge on any atom is -0.337 e. The van der Waals surface area contributed by atoms with Gasteiger partial charge in [-0.25, -0.2) is 4.98 Å². The van der Waals surface area contributed by atoms with Crippen LogP contribution in [-0.4, -0.2) is 63.2 Å². The summed E-state index contributed by atoms with van der Waals surface area (Å²) in [4.78, 5) is 38.1. The van der Waals surface area contributed by atoms with Crippen molar-refractivity contribution < 1.29 is 4.79 Å². The summed E-state index contributed by atoms with van der Waals surface area (Å²) in [5, 5.41) is 1.19. The Labute approximate surface area is 200 Å². The third-order valence-electron chi connectivity index (χ3n) is 6.02. The van der Waals surface area contributed by atoms with E-state index in [1.165, 1.54) is 28.6 Å². The van der Waals surface area contributed by atoms with Crippen molar-refractivity contribution in [3.63, 3.8) is 0 Å². The van der Waals surface area contributed by atoms with Crippen LogP contribution in [0.15, 0.2) is 9.95 Å². The lowest BCUT2D eigenvalue weighted by Crippen LogP contribution is -2.45. The van der Waals surface area contributed by atoms with Gasteiger partial charge in [0.25, 0.3) is 5.56 Å². The van der Waals surface area contributed by atoms with Crippen LogP contribution >= 0.6 is 23.1 Å². The molecule has 1 aliphatic carbocycles. The Hall–Kier alpha value is -1.38. The molecule has 3 rings (SSSR count). The van der Waals surface area contributed by atoms with Crippen molar-refractivity contribution >= 4 is 39.2 Å². The molecule has 1 aliphatic rings. The number of aromatic nitrogens is 2. The molecule has 2 aromatic rings. The highest BCUT2D eigenvalue weighted by molar-refractivity contribution is 8.00. The summed E-state index contributed by atoms with van der Waals surface area (Å²) in [6.07, 6.45) is 5.21. The molecule has 32 heavy (non-hydrogen) atoms. The van der Waals surface area contributed by atoms with Gasteiger partial charge in [-0.15, -0.1) is 11.3 Å². The molecule has 0 N–H and O–H groups in total. The lowest BCUT2D eigenvalue weighted by atomic mass is 9.97. The molecular formula is C24H38N4O2S2. The number of nitrogens with zero attached hydrogens (tertiary/aromatic N) is 4. The van der Waals surface area contributed by atoms with E-state index in [1.807, 2.05) is 58.2 Å². The molecule has 6 nitrogen and oxygen atoms in total. The molecule has 0 spiro atoms. The lowest BCUT2D eigenvalue weighted by Gasteiger charge is -2.33. The van der Waals surface area contributed by atoms with E-state index in [-0.39, 0.29) is 28.8 Å². The Bertz CT molecular complexity index is 1000. The molecular weight excluding hydrogens is 440 g/mol. The highest BCUT2D eigenvalue weighted by Crippen LogP contribution is 2.35. The number of thiophene rings is 1. The molecule has 0 saturated carbocycles. The summed E-state index contributed by atoms with van der Waals surface area (Å²) in [6.45, 7) is 11.6. The number of fused-ring (bicyclic) bond motifs is 3. The van der Waals surface area contributed by atoms with Gasteiger partial charge in [0.1, 0.15) is 4.83 Å². The van der Waals surface area contributed by atoms with E-state index < -0.39 is 0 Å². The number of thioether (sulfide) groups is 1. The lowest BCUT2D eigenvalue weighted by molar-refractivity contribution is -0.133. The van der Waals surface area contributed by atoms with Crippen molar-refractivity contribution in [2.75, 3.05) is 20.6 Å². The first kappa shape index (κ1) is 25.2. The van der Waals surface area contributed by atoms with E-state index in [2.05, 4.69) is 4.90 Å². The Morgan fingerprint density at radius 1 is 1.12 bits per heavy atom. The van der Waals surface area contributed by atoms with E-state index >= 15 is 0 Å².